The Hall–Kier alpha value is -2.20. The summed E-state index contributed by atoms with van der Waals surface area (Å²) in [5, 5.41) is 2.94. The number of hydrogen-bond donors (Lipinski definition) is 3. The highest BCUT2D eigenvalue weighted by Crippen LogP contribution is 2.28. The Balaban J connectivity index is 1.31. The Labute approximate surface area is 177 Å². The minimum absolute atomic E-state index is 0.0167. The molecule has 2 aliphatic rings. The third-order valence-corrected chi connectivity index (χ3v) is 7.56. The number of benzene rings is 1. The van der Waals surface area contributed by atoms with Crippen LogP contribution in [0.2, 0.25) is 0 Å². The molecule has 0 bridgehead atoms. The van der Waals surface area contributed by atoms with Crippen molar-refractivity contribution in [3.63, 3.8) is 0 Å². The van der Waals surface area contributed by atoms with Crippen LogP contribution in [0.25, 0.3) is 0 Å². The van der Waals surface area contributed by atoms with E-state index >= 15 is 0 Å². The molecule has 3 N–H and O–H groups in total. The minimum Gasteiger partial charge on any atom is -0.447 e. The van der Waals surface area contributed by atoms with Crippen molar-refractivity contribution in [2.45, 2.75) is 43.9 Å². The summed E-state index contributed by atoms with van der Waals surface area (Å²) in [5.41, 5.74) is 8.31. The normalized spacial score (nSPS) is 21.0. The third kappa shape index (κ3) is 4.59. The van der Waals surface area contributed by atoms with Gasteiger partial charge in [0.1, 0.15) is 5.76 Å². The second-order valence-electron chi connectivity index (χ2n) is 7.95. The lowest BCUT2D eigenvalue weighted by molar-refractivity contribution is -0.126. The second-order valence-corrected chi connectivity index (χ2v) is 9.82. The van der Waals surface area contributed by atoms with Gasteiger partial charge in [0.25, 0.3) is 10.0 Å². The molecule has 0 aliphatic carbocycles. The highest BCUT2D eigenvalue weighted by Gasteiger charge is 2.34. The smallest absolute Gasteiger partial charge is 0.276 e. The highest BCUT2D eigenvalue weighted by atomic mass is 32.2. The molecular weight excluding hydrogens is 404 g/mol. The summed E-state index contributed by atoms with van der Waals surface area (Å²) in [6, 6.07) is 11.2. The van der Waals surface area contributed by atoms with Crippen LogP contribution in [0.5, 0.6) is 0 Å². The largest absolute Gasteiger partial charge is 0.447 e. The molecule has 1 aromatic carbocycles. The molecule has 0 saturated carbocycles. The number of sulfonamides is 1. The van der Waals surface area contributed by atoms with Crippen molar-refractivity contribution in [3.8, 4) is 0 Å². The highest BCUT2D eigenvalue weighted by molar-refractivity contribution is 7.89. The molecule has 1 amide bonds. The van der Waals surface area contributed by atoms with Crippen LogP contribution in [-0.4, -0.2) is 38.3 Å². The Morgan fingerprint density at radius 3 is 2.53 bits per heavy atom. The van der Waals surface area contributed by atoms with Crippen LogP contribution in [-0.2, 0) is 21.4 Å². The average molecular weight is 433 g/mol. The van der Waals surface area contributed by atoms with Crippen LogP contribution in [0.4, 0.5) is 0 Å². The SMILES string of the molecule is Cc1ccc(CNC(=O)C2CCN(S(=O)(=O)c3ccc(C4CCNN4)o3)CC2)cc1. The predicted molar refractivity (Wildman–Crippen MR) is 112 cm³/mol. The molecule has 0 spiro atoms. The van der Waals surface area contributed by atoms with E-state index in [4.69, 9.17) is 4.42 Å². The first kappa shape index (κ1) is 21.0. The molecule has 1 aromatic heterocycles. The van der Waals surface area contributed by atoms with E-state index in [0.717, 1.165) is 18.5 Å². The average Bonchev–Trinajstić information content (AvgIpc) is 3.45. The van der Waals surface area contributed by atoms with E-state index in [-0.39, 0.29) is 23.0 Å². The van der Waals surface area contributed by atoms with Gasteiger partial charge in [0.2, 0.25) is 11.0 Å². The van der Waals surface area contributed by atoms with Gasteiger partial charge in [0, 0.05) is 32.1 Å². The summed E-state index contributed by atoms with van der Waals surface area (Å²) in [7, 11) is -3.69. The molecule has 162 valence electrons. The number of furan rings is 1. The maximum Gasteiger partial charge on any atom is 0.276 e. The van der Waals surface area contributed by atoms with Crippen molar-refractivity contribution in [2.75, 3.05) is 19.6 Å². The number of nitrogens with zero attached hydrogens (tertiary/aromatic N) is 1. The van der Waals surface area contributed by atoms with Gasteiger partial charge in [-0.3, -0.25) is 10.2 Å². The molecule has 30 heavy (non-hydrogen) atoms. The molecule has 8 nitrogen and oxygen atoms in total. The summed E-state index contributed by atoms with van der Waals surface area (Å²) in [6.07, 6.45) is 1.84. The van der Waals surface area contributed by atoms with Crippen LogP contribution in [0, 0.1) is 12.8 Å². The van der Waals surface area contributed by atoms with Gasteiger partial charge in [-0.05, 0) is 43.9 Å². The molecule has 4 rings (SSSR count). The number of hydrogen-bond acceptors (Lipinski definition) is 6. The number of aryl methyl sites for hydroxylation is 1. The Kier molecular flexibility index (Phi) is 6.24. The predicted octanol–water partition coefficient (Wildman–Crippen LogP) is 1.84. The summed E-state index contributed by atoms with van der Waals surface area (Å²) in [4.78, 5) is 12.5. The van der Waals surface area contributed by atoms with Crippen molar-refractivity contribution in [2.24, 2.45) is 5.92 Å². The Morgan fingerprint density at radius 2 is 1.87 bits per heavy atom. The molecular formula is C21H28N4O4S. The number of rotatable bonds is 6. The van der Waals surface area contributed by atoms with Crippen molar-refractivity contribution < 1.29 is 17.6 Å². The van der Waals surface area contributed by atoms with Crippen molar-refractivity contribution in [3.05, 3.63) is 53.3 Å². The van der Waals surface area contributed by atoms with E-state index in [1.54, 1.807) is 6.07 Å². The molecule has 9 heteroatoms. The number of hydrazine groups is 1. The Morgan fingerprint density at radius 1 is 1.13 bits per heavy atom. The zero-order chi connectivity index (χ0) is 21.1. The zero-order valence-electron chi connectivity index (χ0n) is 17.1. The van der Waals surface area contributed by atoms with Crippen molar-refractivity contribution in [1.82, 2.24) is 20.5 Å². The minimum atomic E-state index is -3.69. The number of amides is 1. The summed E-state index contributed by atoms with van der Waals surface area (Å²) < 4.78 is 32.9. The maximum absolute atomic E-state index is 12.9. The maximum atomic E-state index is 12.9. The summed E-state index contributed by atoms with van der Waals surface area (Å²) >= 11 is 0. The first-order valence-corrected chi connectivity index (χ1v) is 11.8. The standard InChI is InChI=1S/C21H28N4O4S/c1-15-2-4-16(5-3-15)14-22-21(26)17-9-12-25(13-10-17)30(27,28)20-7-6-19(29-20)18-8-11-23-24-18/h2-7,17-18,23-24H,8-14H2,1H3,(H,22,26). The zero-order valence-corrected chi connectivity index (χ0v) is 17.9. The number of carbonyl (C=O) groups is 1. The monoisotopic (exact) mass is 432 g/mol. The van der Waals surface area contributed by atoms with E-state index in [9.17, 15) is 13.2 Å². The van der Waals surface area contributed by atoms with Crippen LogP contribution in [0.15, 0.2) is 45.9 Å². The van der Waals surface area contributed by atoms with E-state index in [0.29, 0.717) is 38.2 Å². The molecule has 2 aliphatic heterocycles. The lowest BCUT2D eigenvalue weighted by Gasteiger charge is -2.29. The van der Waals surface area contributed by atoms with Crippen molar-refractivity contribution in [1.29, 1.82) is 0 Å². The third-order valence-electron chi connectivity index (χ3n) is 5.79. The molecule has 3 heterocycles. The van der Waals surface area contributed by atoms with E-state index in [1.165, 1.54) is 15.9 Å². The molecule has 0 radical (unpaired) electrons. The van der Waals surface area contributed by atoms with Crippen LogP contribution < -0.4 is 16.2 Å². The number of carbonyl (C=O) groups excluding carboxylic acids is 1. The van der Waals surface area contributed by atoms with Gasteiger partial charge in [-0.2, -0.15) is 4.31 Å². The fourth-order valence-electron chi connectivity index (χ4n) is 3.88. The van der Waals surface area contributed by atoms with Gasteiger partial charge in [-0.1, -0.05) is 29.8 Å². The number of piperidine rings is 1. The fourth-order valence-corrected chi connectivity index (χ4v) is 5.27. The second kappa shape index (κ2) is 8.89. The van der Waals surface area contributed by atoms with E-state index in [1.807, 2.05) is 31.2 Å². The van der Waals surface area contributed by atoms with Crippen LogP contribution in [0.1, 0.15) is 42.2 Å². The Bertz CT molecular complexity index is 973. The molecule has 1 atom stereocenters. The molecule has 2 fully saturated rings. The lowest BCUT2D eigenvalue weighted by Crippen LogP contribution is -2.42. The van der Waals surface area contributed by atoms with Gasteiger partial charge in [-0.25, -0.2) is 13.8 Å². The van der Waals surface area contributed by atoms with Crippen LogP contribution in [0.3, 0.4) is 0 Å². The number of nitrogens with one attached hydrogen (secondary N) is 3. The first-order chi connectivity index (χ1) is 14.4. The van der Waals surface area contributed by atoms with Gasteiger partial charge >= 0.3 is 0 Å². The van der Waals surface area contributed by atoms with Gasteiger partial charge < -0.3 is 9.73 Å². The van der Waals surface area contributed by atoms with E-state index < -0.39 is 10.0 Å². The van der Waals surface area contributed by atoms with Gasteiger partial charge in [-0.15, -0.1) is 0 Å². The quantitative estimate of drug-likeness (QED) is 0.644. The fraction of sp³-hybridized carbons (Fsp3) is 0.476. The molecule has 1 unspecified atom stereocenters. The summed E-state index contributed by atoms with van der Waals surface area (Å²) in [6.45, 7) is 3.94. The van der Waals surface area contributed by atoms with E-state index in [2.05, 4.69) is 16.2 Å². The molecule has 2 saturated heterocycles. The topological polar surface area (TPSA) is 104 Å². The van der Waals surface area contributed by atoms with Crippen LogP contribution >= 0.6 is 0 Å². The first-order valence-electron chi connectivity index (χ1n) is 10.3. The van der Waals surface area contributed by atoms with Crippen molar-refractivity contribution >= 4 is 15.9 Å². The summed E-state index contributed by atoms with van der Waals surface area (Å²) in [5.74, 6) is 0.416. The van der Waals surface area contributed by atoms with Gasteiger partial charge in [0.15, 0.2) is 0 Å². The lowest BCUT2D eigenvalue weighted by atomic mass is 9.97. The molecule has 2 aromatic rings. The van der Waals surface area contributed by atoms with Gasteiger partial charge in [0.05, 0.1) is 6.04 Å².